The molecule has 2 aliphatic carbocycles. The molecular weight excluding hydrogens is 537 g/mol. The number of hydrogen-bond acceptors (Lipinski definition) is 7. The summed E-state index contributed by atoms with van der Waals surface area (Å²) in [5.74, 6) is 0.420. The number of nitrogens with one attached hydrogen (secondary N) is 3. The highest BCUT2D eigenvalue weighted by Crippen LogP contribution is 2.44. The van der Waals surface area contributed by atoms with Crippen molar-refractivity contribution < 1.29 is 22.7 Å². The molecule has 3 aromatic rings. The van der Waals surface area contributed by atoms with Gasteiger partial charge in [0.2, 0.25) is 16.0 Å². The smallest absolute Gasteiger partial charge is 0.404 e. The van der Waals surface area contributed by atoms with Crippen molar-refractivity contribution in [2.24, 2.45) is 0 Å². The van der Waals surface area contributed by atoms with Gasteiger partial charge >= 0.3 is 6.09 Å². The molecule has 2 fully saturated rings. The first kappa shape index (κ1) is 26.2. The third-order valence-corrected chi connectivity index (χ3v) is 7.71. The number of benzene rings is 1. The molecule has 1 aromatic carbocycles. The molecule has 0 radical (unpaired) electrons. The fourth-order valence-electron chi connectivity index (χ4n) is 4.28. The number of carboxylic acid groups (broad SMARTS) is 1. The number of aromatic amines is 1. The van der Waals surface area contributed by atoms with E-state index < -0.39 is 28.0 Å². The van der Waals surface area contributed by atoms with E-state index in [1.807, 2.05) is 0 Å². The summed E-state index contributed by atoms with van der Waals surface area (Å²) >= 11 is 6.40. The maximum Gasteiger partial charge on any atom is 0.404 e. The Hall–Kier alpha value is -3.45. The van der Waals surface area contributed by atoms with Gasteiger partial charge in [-0.1, -0.05) is 11.6 Å². The molecule has 2 heterocycles. The molecular formula is C24H27ClFN7O4S. The summed E-state index contributed by atoms with van der Waals surface area (Å²) in [6, 6.07) is 3.71. The van der Waals surface area contributed by atoms with Crippen LogP contribution in [0.15, 0.2) is 24.4 Å². The maximum atomic E-state index is 16.1. The van der Waals surface area contributed by atoms with Crippen LogP contribution in [0.3, 0.4) is 0 Å². The van der Waals surface area contributed by atoms with Crippen molar-refractivity contribution in [2.45, 2.75) is 50.6 Å². The van der Waals surface area contributed by atoms with Gasteiger partial charge in [-0.15, -0.1) is 0 Å². The van der Waals surface area contributed by atoms with Gasteiger partial charge in [-0.2, -0.15) is 0 Å². The maximum absolute atomic E-state index is 16.1. The molecule has 11 nitrogen and oxygen atoms in total. The molecule has 4 N–H and O–H groups in total. The monoisotopic (exact) mass is 563 g/mol. The van der Waals surface area contributed by atoms with E-state index in [9.17, 15) is 13.2 Å². The number of carbonyl (C=O) groups is 1. The van der Waals surface area contributed by atoms with Gasteiger partial charge in [-0.3, -0.25) is 4.31 Å². The van der Waals surface area contributed by atoms with E-state index in [1.54, 1.807) is 13.0 Å². The van der Waals surface area contributed by atoms with Crippen LogP contribution in [-0.4, -0.2) is 64.4 Å². The topological polar surface area (TPSA) is 153 Å². The summed E-state index contributed by atoms with van der Waals surface area (Å²) in [5.41, 5.74) is 1.10. The molecule has 1 unspecified atom stereocenters. The van der Waals surface area contributed by atoms with Gasteiger partial charge < -0.3 is 20.7 Å². The Morgan fingerprint density at radius 2 is 2.03 bits per heavy atom. The lowest BCUT2D eigenvalue weighted by atomic mass is 10.1. The van der Waals surface area contributed by atoms with Gasteiger partial charge in [0.15, 0.2) is 5.82 Å². The van der Waals surface area contributed by atoms with Gasteiger partial charge in [-0.05, 0) is 50.8 Å². The molecule has 0 spiro atoms. The minimum Gasteiger partial charge on any atom is -0.465 e. The predicted molar refractivity (Wildman–Crippen MR) is 141 cm³/mol. The van der Waals surface area contributed by atoms with Crippen molar-refractivity contribution in [2.75, 3.05) is 22.4 Å². The normalized spacial score (nSPS) is 16.2. The number of imidazole rings is 1. The van der Waals surface area contributed by atoms with E-state index in [0.29, 0.717) is 35.7 Å². The van der Waals surface area contributed by atoms with E-state index in [2.05, 4.69) is 25.6 Å². The lowest BCUT2D eigenvalue weighted by Gasteiger charge is -2.24. The Morgan fingerprint density at radius 1 is 1.29 bits per heavy atom. The number of halogens is 2. The molecule has 14 heteroatoms. The van der Waals surface area contributed by atoms with Crippen LogP contribution in [0.1, 0.15) is 44.3 Å². The van der Waals surface area contributed by atoms with Crippen LogP contribution in [0, 0.1) is 5.82 Å². The fraction of sp³-hybridized carbons (Fsp3) is 0.417. The lowest BCUT2D eigenvalue weighted by molar-refractivity contribution is 0.191. The van der Waals surface area contributed by atoms with Crippen molar-refractivity contribution in [1.29, 1.82) is 0 Å². The van der Waals surface area contributed by atoms with E-state index in [-0.39, 0.29) is 40.7 Å². The van der Waals surface area contributed by atoms with Crippen LogP contribution in [0.4, 0.5) is 20.8 Å². The van der Waals surface area contributed by atoms with Gasteiger partial charge in [-0.25, -0.2) is 32.6 Å². The second kappa shape index (κ2) is 10.0. The number of hydrogen-bond donors (Lipinski definition) is 4. The van der Waals surface area contributed by atoms with Crippen molar-refractivity contribution >= 4 is 39.4 Å². The van der Waals surface area contributed by atoms with Crippen molar-refractivity contribution in [3.05, 3.63) is 41.1 Å². The third kappa shape index (κ3) is 5.68. The van der Waals surface area contributed by atoms with Crippen molar-refractivity contribution in [1.82, 2.24) is 25.3 Å². The zero-order chi connectivity index (χ0) is 27.2. The largest absolute Gasteiger partial charge is 0.465 e. The van der Waals surface area contributed by atoms with Gasteiger partial charge in [0.05, 0.1) is 23.3 Å². The summed E-state index contributed by atoms with van der Waals surface area (Å²) in [5, 5.41) is 14.4. The van der Waals surface area contributed by atoms with Crippen LogP contribution >= 0.6 is 11.6 Å². The Morgan fingerprint density at radius 3 is 2.66 bits per heavy atom. The minimum absolute atomic E-state index is 0.0867. The molecule has 1 atom stereocenters. The molecule has 2 aliphatic rings. The number of sulfonamides is 1. The van der Waals surface area contributed by atoms with Crippen molar-refractivity contribution in [3.63, 3.8) is 0 Å². The molecule has 0 aliphatic heterocycles. The standard InChI is InChI=1S/C24H27ClFN7O4S/c1-12(29-24(34)35)11-28-23-27-8-7-17(30-23)21-20(31-22(32-21)13-3-4-13)16-9-14(25)10-18(19(16)26)33(15-5-6-15)38(2,36)37/h7-10,12-13,15,29H,3-6,11H2,1-2H3,(H,31,32)(H,34,35)(H,27,28,30). The van der Waals surface area contributed by atoms with Gasteiger partial charge in [0.1, 0.15) is 11.5 Å². The number of anilines is 2. The Bertz CT molecular complexity index is 1490. The SMILES string of the molecule is CC(CNc1nccc(-c2nc(C3CC3)[nH]c2-c2cc(Cl)cc(N(C3CC3)S(C)(=O)=O)c2F)n1)NC(=O)O. The Balaban J connectivity index is 1.56. The number of amides is 1. The Labute approximate surface area is 223 Å². The molecule has 202 valence electrons. The summed E-state index contributed by atoms with van der Waals surface area (Å²) in [7, 11) is -3.74. The van der Waals surface area contributed by atoms with Crippen molar-refractivity contribution in [3.8, 4) is 22.6 Å². The van der Waals surface area contributed by atoms with E-state index in [1.165, 1.54) is 18.3 Å². The van der Waals surface area contributed by atoms with E-state index >= 15 is 4.39 Å². The third-order valence-electron chi connectivity index (χ3n) is 6.28. The molecule has 2 saturated carbocycles. The highest BCUT2D eigenvalue weighted by atomic mass is 35.5. The number of rotatable bonds is 10. The second-order valence-electron chi connectivity index (χ2n) is 9.69. The van der Waals surface area contributed by atoms with Crippen LogP contribution in [0.2, 0.25) is 5.02 Å². The zero-order valence-electron chi connectivity index (χ0n) is 20.7. The average Bonchev–Trinajstić information content (AvgIpc) is 3.78. The van der Waals surface area contributed by atoms with Gasteiger partial charge in [0, 0.05) is 41.3 Å². The highest BCUT2D eigenvalue weighted by Gasteiger charge is 2.38. The van der Waals surface area contributed by atoms with E-state index in [4.69, 9.17) is 21.7 Å². The molecule has 5 rings (SSSR count). The molecule has 0 bridgehead atoms. The number of H-pyrrole nitrogens is 1. The van der Waals surface area contributed by atoms with Gasteiger partial charge in [0.25, 0.3) is 0 Å². The molecule has 2 aromatic heterocycles. The number of aromatic nitrogens is 4. The van der Waals surface area contributed by atoms with Crippen LogP contribution < -0.4 is 14.9 Å². The molecule has 1 amide bonds. The predicted octanol–water partition coefficient (Wildman–Crippen LogP) is 4.20. The summed E-state index contributed by atoms with van der Waals surface area (Å²) in [6.45, 7) is 1.94. The summed E-state index contributed by atoms with van der Waals surface area (Å²) < 4.78 is 42.3. The molecule has 0 saturated heterocycles. The fourth-order valence-corrected chi connectivity index (χ4v) is 5.73. The second-order valence-corrected chi connectivity index (χ2v) is 12.0. The summed E-state index contributed by atoms with van der Waals surface area (Å²) in [6.07, 6.45) is 4.63. The minimum atomic E-state index is -3.74. The van der Waals surface area contributed by atoms with Crippen LogP contribution in [-0.2, 0) is 10.0 Å². The summed E-state index contributed by atoms with van der Waals surface area (Å²) in [4.78, 5) is 27.5. The first-order valence-electron chi connectivity index (χ1n) is 12.2. The zero-order valence-corrected chi connectivity index (χ0v) is 22.3. The lowest BCUT2D eigenvalue weighted by Crippen LogP contribution is -2.36. The number of nitrogens with zero attached hydrogens (tertiary/aromatic N) is 4. The Kier molecular flexibility index (Phi) is 6.90. The first-order chi connectivity index (χ1) is 18.0. The average molecular weight is 564 g/mol. The molecule has 38 heavy (non-hydrogen) atoms. The van der Waals surface area contributed by atoms with E-state index in [0.717, 1.165) is 23.4 Å². The van der Waals surface area contributed by atoms with Crippen LogP contribution in [0.25, 0.3) is 22.6 Å². The quantitative estimate of drug-likeness (QED) is 0.286. The first-order valence-corrected chi connectivity index (χ1v) is 14.4. The van der Waals surface area contributed by atoms with Crippen LogP contribution in [0.5, 0.6) is 0 Å². The highest BCUT2D eigenvalue weighted by molar-refractivity contribution is 7.92.